The molecule has 4 aromatic rings. The summed E-state index contributed by atoms with van der Waals surface area (Å²) in [5, 5.41) is 14.2. The van der Waals surface area contributed by atoms with Crippen molar-refractivity contribution in [2.75, 3.05) is 6.54 Å². The van der Waals surface area contributed by atoms with Crippen LogP contribution in [0.4, 0.5) is 9.59 Å². The Morgan fingerprint density at radius 2 is 1.56 bits per heavy atom. The highest BCUT2D eigenvalue weighted by Gasteiger charge is 2.31. The number of carbonyl (C=O) groups is 2. The van der Waals surface area contributed by atoms with Crippen molar-refractivity contribution in [1.29, 1.82) is 0 Å². The Morgan fingerprint density at radius 1 is 0.923 bits per heavy atom. The molecule has 0 aliphatic carbocycles. The second kappa shape index (κ2) is 13.6. The van der Waals surface area contributed by atoms with Gasteiger partial charge in [0.2, 0.25) is 5.89 Å². The van der Waals surface area contributed by atoms with E-state index in [0.29, 0.717) is 30.4 Å². The molecule has 0 spiro atoms. The zero-order chi connectivity index (χ0) is 27.6. The Bertz CT molecular complexity index is 1310. The molecule has 3 aromatic carbocycles. The molecule has 0 aliphatic rings. The number of aliphatic hydroxyl groups excluding tert-OH is 1. The van der Waals surface area contributed by atoms with Crippen LogP contribution in [0.25, 0.3) is 11.1 Å². The zero-order valence-electron chi connectivity index (χ0n) is 22.3. The molecule has 204 valence electrons. The first kappa shape index (κ1) is 27.9. The van der Waals surface area contributed by atoms with Gasteiger partial charge in [-0.05, 0) is 48.4 Å². The fourth-order valence-electron chi connectivity index (χ4n) is 4.16. The van der Waals surface area contributed by atoms with Crippen LogP contribution in [0.3, 0.4) is 0 Å². The minimum atomic E-state index is -1.22. The molecule has 0 saturated heterocycles. The van der Waals surface area contributed by atoms with Crippen LogP contribution in [-0.4, -0.2) is 39.7 Å². The lowest BCUT2D eigenvalue weighted by Crippen LogP contribution is -2.50. The lowest BCUT2D eigenvalue weighted by atomic mass is 10.0. The number of hydrogen-bond donors (Lipinski definition) is 2. The third kappa shape index (κ3) is 7.91. The van der Waals surface area contributed by atoms with Crippen LogP contribution in [0.5, 0.6) is 0 Å². The standard InChI is InChI=1S/C31H35N3O5/c1-22(2)19-20-34(31(37)38-21-24-13-7-4-8-14-24)30(36)33-26(18-17-23-11-5-3-6-12-23)28(35)29-32-25-15-9-10-16-27(25)39-29/h3-16,22,26,28,35H,17-21H2,1-2H3,(H,33,36)/t26-,28?/m0/s1. The third-order valence-electron chi connectivity index (χ3n) is 6.44. The average molecular weight is 530 g/mol. The highest BCUT2D eigenvalue weighted by atomic mass is 16.6. The van der Waals surface area contributed by atoms with Gasteiger partial charge in [0.15, 0.2) is 11.7 Å². The van der Waals surface area contributed by atoms with Gasteiger partial charge in [-0.3, -0.25) is 0 Å². The molecule has 1 unspecified atom stereocenters. The Balaban J connectivity index is 1.52. The second-order valence-electron chi connectivity index (χ2n) is 9.92. The van der Waals surface area contributed by atoms with E-state index in [9.17, 15) is 14.7 Å². The zero-order valence-corrected chi connectivity index (χ0v) is 22.3. The van der Waals surface area contributed by atoms with Crippen LogP contribution in [0.2, 0.25) is 0 Å². The molecular formula is C31H35N3O5. The Kier molecular flexibility index (Phi) is 9.69. The number of aromatic nitrogens is 1. The largest absolute Gasteiger partial charge is 0.444 e. The monoisotopic (exact) mass is 529 g/mol. The van der Waals surface area contributed by atoms with Crippen molar-refractivity contribution in [2.24, 2.45) is 5.92 Å². The predicted molar refractivity (Wildman–Crippen MR) is 149 cm³/mol. The number of benzene rings is 3. The second-order valence-corrected chi connectivity index (χ2v) is 9.92. The van der Waals surface area contributed by atoms with Crippen LogP contribution >= 0.6 is 0 Å². The number of urea groups is 1. The number of aliphatic hydroxyl groups is 1. The van der Waals surface area contributed by atoms with E-state index in [0.717, 1.165) is 16.0 Å². The first-order chi connectivity index (χ1) is 18.9. The van der Waals surface area contributed by atoms with Gasteiger partial charge in [-0.25, -0.2) is 19.5 Å². The van der Waals surface area contributed by atoms with Crippen molar-refractivity contribution in [2.45, 2.75) is 51.9 Å². The molecule has 8 heteroatoms. The smallest absolute Gasteiger partial charge is 0.418 e. The lowest BCUT2D eigenvalue weighted by molar-refractivity contribution is 0.0854. The first-order valence-electron chi connectivity index (χ1n) is 13.3. The van der Waals surface area contributed by atoms with Gasteiger partial charge >= 0.3 is 12.1 Å². The summed E-state index contributed by atoms with van der Waals surface area (Å²) in [6, 6.07) is 24.9. The summed E-state index contributed by atoms with van der Waals surface area (Å²) in [6.45, 7) is 4.27. The number of para-hydroxylation sites is 2. The molecule has 2 N–H and O–H groups in total. The Hall–Kier alpha value is -4.17. The molecule has 0 aliphatic heterocycles. The van der Waals surface area contributed by atoms with Gasteiger partial charge in [0, 0.05) is 6.54 Å². The van der Waals surface area contributed by atoms with Gasteiger partial charge < -0.3 is 19.6 Å². The Labute approximate surface area is 228 Å². The quantitative estimate of drug-likeness (QED) is 0.238. The third-order valence-corrected chi connectivity index (χ3v) is 6.44. The molecule has 1 aromatic heterocycles. The van der Waals surface area contributed by atoms with Crippen LogP contribution in [0.1, 0.15) is 49.8 Å². The SMILES string of the molecule is CC(C)CCN(C(=O)N[C@@H](CCc1ccccc1)C(O)c1nc2ccccc2o1)C(=O)OCc1ccccc1. The number of amides is 3. The summed E-state index contributed by atoms with van der Waals surface area (Å²) in [5.41, 5.74) is 3.04. The van der Waals surface area contributed by atoms with E-state index in [1.807, 2.05) is 86.6 Å². The van der Waals surface area contributed by atoms with Crippen molar-refractivity contribution < 1.29 is 23.8 Å². The number of nitrogens with zero attached hydrogens (tertiary/aromatic N) is 2. The fraction of sp³-hybridized carbons (Fsp3) is 0.323. The molecule has 8 nitrogen and oxygen atoms in total. The number of aryl methyl sites for hydroxylation is 1. The molecule has 1 heterocycles. The predicted octanol–water partition coefficient (Wildman–Crippen LogP) is 6.26. The molecule has 2 atom stereocenters. The summed E-state index contributed by atoms with van der Waals surface area (Å²) in [7, 11) is 0. The number of fused-ring (bicyclic) bond motifs is 1. The van der Waals surface area contributed by atoms with Gasteiger partial charge in [-0.2, -0.15) is 0 Å². The van der Waals surface area contributed by atoms with E-state index in [2.05, 4.69) is 10.3 Å². The van der Waals surface area contributed by atoms with E-state index < -0.39 is 24.3 Å². The van der Waals surface area contributed by atoms with Crippen molar-refractivity contribution in [3.63, 3.8) is 0 Å². The molecule has 39 heavy (non-hydrogen) atoms. The normalized spacial score (nSPS) is 12.7. The molecule has 0 fully saturated rings. The maximum atomic E-state index is 13.5. The van der Waals surface area contributed by atoms with Crippen LogP contribution in [-0.2, 0) is 17.8 Å². The molecule has 0 radical (unpaired) electrons. The number of hydrogen-bond acceptors (Lipinski definition) is 6. The summed E-state index contributed by atoms with van der Waals surface area (Å²) in [6.07, 6.45) is -0.372. The topological polar surface area (TPSA) is 105 Å². The summed E-state index contributed by atoms with van der Waals surface area (Å²) >= 11 is 0. The van der Waals surface area contributed by atoms with E-state index in [1.54, 1.807) is 12.1 Å². The number of oxazole rings is 1. The summed E-state index contributed by atoms with van der Waals surface area (Å²) < 4.78 is 11.3. The highest BCUT2D eigenvalue weighted by Crippen LogP contribution is 2.25. The van der Waals surface area contributed by atoms with Gasteiger partial charge in [0.25, 0.3) is 0 Å². The molecule has 4 rings (SSSR count). The van der Waals surface area contributed by atoms with Gasteiger partial charge in [0.05, 0.1) is 6.04 Å². The Morgan fingerprint density at radius 3 is 2.23 bits per heavy atom. The number of carbonyl (C=O) groups excluding carboxylic acids is 2. The summed E-state index contributed by atoms with van der Waals surface area (Å²) in [5.74, 6) is 0.372. The minimum absolute atomic E-state index is 0.0497. The number of rotatable bonds is 11. The van der Waals surface area contributed by atoms with Crippen LogP contribution in [0.15, 0.2) is 89.3 Å². The lowest BCUT2D eigenvalue weighted by Gasteiger charge is -2.27. The van der Waals surface area contributed by atoms with Crippen molar-refractivity contribution in [1.82, 2.24) is 15.2 Å². The molecule has 0 bridgehead atoms. The van der Waals surface area contributed by atoms with Gasteiger partial charge in [0.1, 0.15) is 12.1 Å². The average Bonchev–Trinajstić information content (AvgIpc) is 3.39. The van der Waals surface area contributed by atoms with Crippen molar-refractivity contribution in [3.8, 4) is 0 Å². The van der Waals surface area contributed by atoms with Crippen LogP contribution < -0.4 is 5.32 Å². The fourth-order valence-corrected chi connectivity index (χ4v) is 4.16. The maximum absolute atomic E-state index is 13.5. The highest BCUT2D eigenvalue weighted by molar-refractivity contribution is 5.91. The first-order valence-corrected chi connectivity index (χ1v) is 13.3. The number of imide groups is 1. The summed E-state index contributed by atoms with van der Waals surface area (Å²) in [4.78, 5) is 32.0. The van der Waals surface area contributed by atoms with Crippen molar-refractivity contribution in [3.05, 3.63) is 102 Å². The van der Waals surface area contributed by atoms with Gasteiger partial charge in [-0.1, -0.05) is 86.6 Å². The maximum Gasteiger partial charge on any atom is 0.418 e. The molecule has 0 saturated carbocycles. The minimum Gasteiger partial charge on any atom is -0.444 e. The number of nitrogens with one attached hydrogen (secondary N) is 1. The van der Waals surface area contributed by atoms with E-state index >= 15 is 0 Å². The molecule has 3 amide bonds. The number of ether oxygens (including phenoxy) is 1. The molecular weight excluding hydrogens is 494 g/mol. The van der Waals surface area contributed by atoms with Crippen molar-refractivity contribution >= 4 is 23.2 Å². The van der Waals surface area contributed by atoms with E-state index in [-0.39, 0.29) is 25.0 Å². The van der Waals surface area contributed by atoms with E-state index in [1.165, 1.54) is 0 Å². The van der Waals surface area contributed by atoms with Gasteiger partial charge in [-0.15, -0.1) is 0 Å². The van der Waals surface area contributed by atoms with E-state index in [4.69, 9.17) is 9.15 Å². The van der Waals surface area contributed by atoms with Crippen LogP contribution in [0, 0.1) is 5.92 Å².